The van der Waals surface area contributed by atoms with Crippen LogP contribution in [-0.2, 0) is 14.3 Å². The molecular weight excluding hydrogens is 140 g/mol. The molecule has 2 atom stereocenters. The summed E-state index contributed by atoms with van der Waals surface area (Å²) in [5.74, 6) is -2.47. The molecule has 1 heterocycles. The van der Waals surface area contributed by atoms with Crippen LogP contribution in [0.1, 0.15) is 6.92 Å². The largest absolute Gasteiger partial charge is 0.479 e. The Hall–Kier alpha value is -1.10. The fourth-order valence-electron chi connectivity index (χ4n) is 0.659. The van der Waals surface area contributed by atoms with Crippen molar-refractivity contribution in [1.29, 1.82) is 0 Å². The van der Waals surface area contributed by atoms with Gasteiger partial charge in [0.25, 0.3) is 0 Å². The fourth-order valence-corrected chi connectivity index (χ4v) is 0.659. The number of carbonyl (C=O) groups is 2. The van der Waals surface area contributed by atoms with E-state index in [-0.39, 0.29) is 0 Å². The molecule has 0 aromatic heterocycles. The van der Waals surface area contributed by atoms with Gasteiger partial charge in [-0.25, -0.2) is 9.59 Å². The first-order valence-corrected chi connectivity index (χ1v) is 2.62. The highest BCUT2D eigenvalue weighted by molar-refractivity contribution is 5.91. The van der Waals surface area contributed by atoms with Gasteiger partial charge in [-0.2, -0.15) is 0 Å². The summed E-state index contributed by atoms with van der Waals surface area (Å²) in [6, 6.07) is 0. The summed E-state index contributed by atoms with van der Waals surface area (Å²) >= 11 is 0. The molecule has 0 aromatic carbocycles. The molecule has 0 aromatic rings. The normalized spacial score (nSPS) is 37.1. The predicted molar refractivity (Wildman–Crippen MR) is 28.5 cm³/mol. The Morgan fingerprint density at radius 1 is 1.50 bits per heavy atom. The summed E-state index contributed by atoms with van der Waals surface area (Å²) in [6.45, 7) is 1.23. The lowest BCUT2D eigenvalue weighted by atomic mass is 10.1. The van der Waals surface area contributed by atoms with Crippen LogP contribution in [0.15, 0.2) is 0 Å². The van der Waals surface area contributed by atoms with Crippen LogP contribution in [0.25, 0.3) is 0 Å². The van der Waals surface area contributed by atoms with E-state index in [0.717, 1.165) is 0 Å². The summed E-state index contributed by atoms with van der Waals surface area (Å²) in [4.78, 5) is 20.3. The lowest BCUT2D eigenvalue weighted by molar-refractivity contribution is -0.143. The summed E-state index contributed by atoms with van der Waals surface area (Å²) in [5.41, 5.74) is -1.49. The Morgan fingerprint density at radius 2 is 2.00 bits per heavy atom. The standard InChI is InChI=1S/C5H6O5/c1-5(4(8)9)2(10-5)3(6)7/h2H,1H3,(H,6,7)(H,8,9)/t2-,5+/m0/s1. The lowest BCUT2D eigenvalue weighted by Gasteiger charge is -1.93. The van der Waals surface area contributed by atoms with E-state index in [9.17, 15) is 9.59 Å². The van der Waals surface area contributed by atoms with Gasteiger partial charge < -0.3 is 14.9 Å². The Morgan fingerprint density at radius 3 is 2.10 bits per heavy atom. The van der Waals surface area contributed by atoms with Crippen molar-refractivity contribution in [3.8, 4) is 0 Å². The molecule has 5 heteroatoms. The van der Waals surface area contributed by atoms with Crippen LogP contribution >= 0.6 is 0 Å². The third kappa shape index (κ3) is 0.750. The molecule has 0 amide bonds. The molecule has 1 saturated heterocycles. The molecule has 0 bridgehead atoms. The van der Waals surface area contributed by atoms with Gasteiger partial charge in [-0.3, -0.25) is 0 Å². The van der Waals surface area contributed by atoms with Gasteiger partial charge >= 0.3 is 11.9 Å². The molecule has 1 fully saturated rings. The van der Waals surface area contributed by atoms with Crippen LogP contribution in [0.4, 0.5) is 0 Å². The Balaban J connectivity index is 2.65. The zero-order valence-corrected chi connectivity index (χ0v) is 5.20. The van der Waals surface area contributed by atoms with Crippen molar-refractivity contribution in [3.63, 3.8) is 0 Å². The molecule has 2 N–H and O–H groups in total. The van der Waals surface area contributed by atoms with Crippen LogP contribution in [0.3, 0.4) is 0 Å². The van der Waals surface area contributed by atoms with E-state index in [0.29, 0.717) is 0 Å². The third-order valence-electron chi connectivity index (χ3n) is 1.45. The third-order valence-corrected chi connectivity index (χ3v) is 1.45. The van der Waals surface area contributed by atoms with E-state index >= 15 is 0 Å². The first kappa shape index (κ1) is 7.01. The average molecular weight is 146 g/mol. The van der Waals surface area contributed by atoms with Crippen molar-refractivity contribution >= 4 is 11.9 Å². The highest BCUT2D eigenvalue weighted by Gasteiger charge is 2.63. The summed E-state index contributed by atoms with van der Waals surface area (Å²) < 4.78 is 4.43. The van der Waals surface area contributed by atoms with Crippen LogP contribution in [0.2, 0.25) is 0 Å². The first-order chi connectivity index (χ1) is 4.48. The van der Waals surface area contributed by atoms with Crippen molar-refractivity contribution in [2.24, 2.45) is 0 Å². The minimum Gasteiger partial charge on any atom is -0.479 e. The number of carboxylic acids is 2. The average Bonchev–Trinajstić information content (AvgIpc) is 2.43. The van der Waals surface area contributed by atoms with Gasteiger partial charge in [-0.05, 0) is 6.92 Å². The number of ether oxygens (including phenoxy) is 1. The second-order valence-electron chi connectivity index (χ2n) is 2.25. The number of epoxide rings is 1. The van der Waals surface area contributed by atoms with E-state index in [2.05, 4.69) is 4.74 Å². The van der Waals surface area contributed by atoms with Gasteiger partial charge in [-0.15, -0.1) is 0 Å². The van der Waals surface area contributed by atoms with E-state index < -0.39 is 23.6 Å². The molecule has 56 valence electrons. The Labute approximate surface area is 56.2 Å². The topological polar surface area (TPSA) is 87.1 Å². The molecule has 1 aliphatic rings. The quantitative estimate of drug-likeness (QED) is 0.503. The van der Waals surface area contributed by atoms with Gasteiger partial charge in [0.2, 0.25) is 0 Å². The molecule has 0 aliphatic carbocycles. The van der Waals surface area contributed by atoms with Crippen molar-refractivity contribution in [1.82, 2.24) is 0 Å². The lowest BCUT2D eigenvalue weighted by Crippen LogP contribution is -2.26. The van der Waals surface area contributed by atoms with Gasteiger partial charge in [0.1, 0.15) is 0 Å². The Bertz CT molecular complexity index is 198. The fraction of sp³-hybridized carbons (Fsp3) is 0.600. The number of hydrogen-bond acceptors (Lipinski definition) is 3. The monoisotopic (exact) mass is 146 g/mol. The number of carboxylic acid groups (broad SMARTS) is 2. The first-order valence-electron chi connectivity index (χ1n) is 2.62. The molecule has 1 aliphatic heterocycles. The predicted octanol–water partition coefficient (Wildman–Crippen LogP) is -0.687. The van der Waals surface area contributed by atoms with Crippen molar-refractivity contribution in [2.45, 2.75) is 18.6 Å². The van der Waals surface area contributed by atoms with E-state index in [1.807, 2.05) is 0 Å². The van der Waals surface area contributed by atoms with Crippen LogP contribution in [-0.4, -0.2) is 33.9 Å². The summed E-state index contributed by atoms with van der Waals surface area (Å²) in [7, 11) is 0. The second kappa shape index (κ2) is 1.69. The van der Waals surface area contributed by atoms with E-state index in [4.69, 9.17) is 10.2 Å². The van der Waals surface area contributed by atoms with Gasteiger partial charge in [0.15, 0.2) is 11.7 Å². The molecule has 0 unspecified atom stereocenters. The summed E-state index contributed by atoms with van der Waals surface area (Å²) in [5, 5.41) is 16.6. The SMILES string of the molecule is C[C@@]1(C(=O)O)O[C@H]1C(=O)O. The zero-order chi connectivity index (χ0) is 7.94. The smallest absolute Gasteiger partial charge is 0.339 e. The van der Waals surface area contributed by atoms with E-state index in [1.54, 1.807) is 0 Å². The summed E-state index contributed by atoms with van der Waals surface area (Å²) in [6.07, 6.45) is -1.18. The second-order valence-corrected chi connectivity index (χ2v) is 2.25. The number of hydrogen-bond donors (Lipinski definition) is 2. The van der Waals surface area contributed by atoms with Crippen molar-refractivity contribution < 1.29 is 24.5 Å². The van der Waals surface area contributed by atoms with Gasteiger partial charge in [0, 0.05) is 0 Å². The van der Waals surface area contributed by atoms with Gasteiger partial charge in [-0.1, -0.05) is 0 Å². The molecule has 0 saturated carbocycles. The minimum absolute atomic E-state index is 1.18. The maximum absolute atomic E-state index is 10.2. The molecule has 10 heavy (non-hydrogen) atoms. The van der Waals surface area contributed by atoms with Crippen molar-refractivity contribution in [3.05, 3.63) is 0 Å². The van der Waals surface area contributed by atoms with Crippen molar-refractivity contribution in [2.75, 3.05) is 0 Å². The molecule has 1 rings (SSSR count). The molecule has 0 radical (unpaired) electrons. The van der Waals surface area contributed by atoms with E-state index in [1.165, 1.54) is 6.92 Å². The number of rotatable bonds is 2. The highest BCUT2D eigenvalue weighted by atomic mass is 16.6. The Kier molecular flexibility index (Phi) is 1.19. The molecular formula is C5H6O5. The van der Waals surface area contributed by atoms with Gasteiger partial charge in [0.05, 0.1) is 0 Å². The zero-order valence-electron chi connectivity index (χ0n) is 5.20. The number of aliphatic carboxylic acids is 2. The molecule has 0 spiro atoms. The minimum atomic E-state index is -1.49. The van der Waals surface area contributed by atoms with Crippen LogP contribution in [0, 0.1) is 0 Å². The maximum atomic E-state index is 10.2. The maximum Gasteiger partial charge on any atom is 0.339 e. The van der Waals surface area contributed by atoms with Crippen LogP contribution in [0.5, 0.6) is 0 Å². The van der Waals surface area contributed by atoms with Crippen LogP contribution < -0.4 is 0 Å². The highest BCUT2D eigenvalue weighted by Crippen LogP contribution is 2.36. The molecule has 5 nitrogen and oxygen atoms in total.